The number of nitrogens with zero attached hydrogens (tertiary/aromatic N) is 3. The summed E-state index contributed by atoms with van der Waals surface area (Å²) in [6, 6.07) is 20.1. The molecular weight excluding hydrogens is 1030 g/mol. The number of benzene rings is 3. The molecule has 17 nitrogen and oxygen atoms in total. The van der Waals surface area contributed by atoms with Crippen molar-refractivity contribution in [1.29, 1.82) is 0 Å². The number of aliphatic imine (C=N–C) groups is 1. The Bertz CT molecular complexity index is 2840. The Labute approximate surface area is 477 Å². The number of para-hydroxylation sites is 1. The molecule has 2 heterocycles. The van der Waals surface area contributed by atoms with Crippen molar-refractivity contribution in [3.05, 3.63) is 108 Å². The summed E-state index contributed by atoms with van der Waals surface area (Å²) in [6.07, 6.45) is 10.5. The first-order valence-corrected chi connectivity index (χ1v) is 29.3. The highest BCUT2D eigenvalue weighted by Crippen LogP contribution is 2.45. The molecule has 1 saturated carbocycles. The molecule has 3 amide bonds. The number of aromatic nitrogens is 1. The zero-order valence-electron chi connectivity index (χ0n) is 48.2. The van der Waals surface area contributed by atoms with E-state index in [0.717, 1.165) is 54.4 Å². The van der Waals surface area contributed by atoms with Gasteiger partial charge in [0.15, 0.2) is 11.6 Å². The van der Waals surface area contributed by atoms with E-state index in [1.165, 1.54) is 15.5 Å². The Morgan fingerprint density at radius 1 is 0.790 bits per heavy atom. The van der Waals surface area contributed by atoms with Crippen molar-refractivity contribution in [2.45, 2.75) is 173 Å². The van der Waals surface area contributed by atoms with Gasteiger partial charge in [0.1, 0.15) is 30.9 Å². The summed E-state index contributed by atoms with van der Waals surface area (Å²) in [6.45, 7) is 11.7. The predicted octanol–water partition coefficient (Wildman–Crippen LogP) is 9.89. The molecule has 3 aliphatic rings. The van der Waals surface area contributed by atoms with Crippen LogP contribution in [0.25, 0.3) is 22.0 Å². The fourth-order valence-corrected chi connectivity index (χ4v) is 11.7. The number of hydrogen-bond acceptors (Lipinski definition) is 12. The van der Waals surface area contributed by atoms with E-state index in [2.05, 4.69) is 51.8 Å². The molecule has 1 saturated heterocycles. The van der Waals surface area contributed by atoms with Crippen molar-refractivity contribution in [1.82, 2.24) is 25.4 Å². The first-order chi connectivity index (χ1) is 39.0. The van der Waals surface area contributed by atoms with Crippen LogP contribution in [0.5, 0.6) is 0 Å². The second-order valence-corrected chi connectivity index (χ2v) is 23.0. The lowest BCUT2D eigenvalue weighted by Crippen LogP contribution is -2.52. The van der Waals surface area contributed by atoms with Crippen LogP contribution in [0, 0.1) is 11.8 Å². The van der Waals surface area contributed by atoms with Crippen LogP contribution >= 0.6 is 0 Å². The molecule has 3 aromatic carbocycles. The number of carbonyl (C=O) groups is 7. The molecule has 4 aromatic rings. The van der Waals surface area contributed by atoms with Crippen molar-refractivity contribution >= 4 is 58.3 Å². The Balaban J connectivity index is 1.13. The number of nitrogens with two attached hydrogens (primary N) is 1. The number of likely N-dealkylation sites (tertiary alicyclic amines) is 1. The number of esters is 1. The molecule has 2 aliphatic carbocycles. The van der Waals surface area contributed by atoms with Gasteiger partial charge in [0.2, 0.25) is 11.8 Å². The Morgan fingerprint density at radius 2 is 1.47 bits per heavy atom. The highest BCUT2D eigenvalue weighted by Gasteiger charge is 2.40. The van der Waals surface area contributed by atoms with Crippen LogP contribution in [0.4, 0.5) is 9.59 Å². The molecule has 5 N–H and O–H groups in total. The minimum absolute atomic E-state index is 0.00175. The zero-order chi connectivity index (χ0) is 58.1. The summed E-state index contributed by atoms with van der Waals surface area (Å²) in [5, 5.41) is 9.83. The van der Waals surface area contributed by atoms with Gasteiger partial charge in [0, 0.05) is 55.8 Å². The maximum Gasteiger partial charge on any atom is 0.419 e. The molecular formula is C64H85N7O10. The van der Waals surface area contributed by atoms with Crippen molar-refractivity contribution < 1.29 is 47.8 Å². The number of carbonyl (C=O) groups excluding carboxylic acids is 7. The van der Waals surface area contributed by atoms with Crippen molar-refractivity contribution in [2.24, 2.45) is 22.6 Å². The monoisotopic (exact) mass is 1110 g/mol. The standard InChI is InChI=1S/C64H85N7O10/c1-7-36-79-61(76)52(66-6)29-17-19-33-56(72)51(30-20-34-67-58(65)8-2)68-59(74)43(38-44-40-71(63(78)81-64(3,4)5)54-31-18-16-24-45(44)54)39-57(73)53(37-42-22-10-9-11-23-42)69-60(75)55-32-21-35-70(55)62(77)80-41-50-48-27-14-12-25-46(48)47-26-13-15-28-49(47)50/h7,12-16,18,24-28,31,40,42-43,50-53,55,66H,1,8-11,17,19-23,29-30,32-39,41H2,2-6H3,(H2,65,67)(H,68,74)(H,69,75)/t43-,51+,52+,53+,55?/m1/s1. The van der Waals surface area contributed by atoms with Gasteiger partial charge in [-0.15, -0.1) is 0 Å². The maximum atomic E-state index is 15.2. The topological polar surface area (TPSA) is 230 Å². The van der Waals surface area contributed by atoms with Crippen LogP contribution < -0.4 is 21.7 Å². The van der Waals surface area contributed by atoms with E-state index in [1.54, 1.807) is 46.1 Å². The average Bonchev–Trinajstić information content (AvgIpc) is 4.40. The molecule has 1 aliphatic heterocycles. The van der Waals surface area contributed by atoms with Gasteiger partial charge in [-0.1, -0.05) is 125 Å². The van der Waals surface area contributed by atoms with E-state index in [4.69, 9.17) is 19.9 Å². The lowest BCUT2D eigenvalue weighted by atomic mass is 9.82. The molecule has 1 aromatic heterocycles. The number of unbranched alkanes of at least 4 members (excludes halogenated alkanes) is 1. The van der Waals surface area contributed by atoms with E-state index < -0.39 is 65.7 Å². The SMILES string of the molecule is C=CCOC(=O)[C@H](CCCCC(=O)[C@H](CCCN=C(N)CC)NC(=O)[C@@H](CC(=O)[C@H](CC1CCCCC1)NC(=O)C1CCCN1C(=O)OCC1c2ccccc2-c2ccccc21)Cc1cn(C(=O)OC(C)(C)C)c2ccccc12)NC. The Morgan fingerprint density at radius 3 is 2.15 bits per heavy atom. The fraction of sp³-hybridized carbons (Fsp3) is 0.531. The highest BCUT2D eigenvalue weighted by atomic mass is 16.6. The van der Waals surface area contributed by atoms with Gasteiger partial charge in [-0.2, -0.15) is 0 Å². The number of ketones is 2. The van der Waals surface area contributed by atoms with Crippen LogP contribution in [-0.2, 0) is 44.6 Å². The summed E-state index contributed by atoms with van der Waals surface area (Å²) in [5.41, 5.74) is 10.8. The Hall–Kier alpha value is -7.14. The van der Waals surface area contributed by atoms with Gasteiger partial charge in [-0.25, -0.2) is 9.59 Å². The van der Waals surface area contributed by atoms with Crippen LogP contribution in [0.15, 0.2) is 96.6 Å². The summed E-state index contributed by atoms with van der Waals surface area (Å²) >= 11 is 0. The molecule has 2 fully saturated rings. The van der Waals surface area contributed by atoms with Gasteiger partial charge in [0.25, 0.3) is 0 Å². The second kappa shape index (κ2) is 29.5. The third kappa shape index (κ3) is 16.7. The number of likely N-dealkylation sites (N-methyl/N-ethyl adjacent to an activating group) is 1. The molecule has 81 heavy (non-hydrogen) atoms. The lowest BCUT2D eigenvalue weighted by molar-refractivity contribution is -0.145. The van der Waals surface area contributed by atoms with Crippen LogP contribution in [0.1, 0.15) is 153 Å². The summed E-state index contributed by atoms with van der Waals surface area (Å²) in [7, 11) is 1.67. The maximum absolute atomic E-state index is 15.2. The first-order valence-electron chi connectivity index (χ1n) is 29.3. The smallest absolute Gasteiger partial charge is 0.419 e. The zero-order valence-corrected chi connectivity index (χ0v) is 48.2. The quantitative estimate of drug-likeness (QED) is 0.0104. The largest absolute Gasteiger partial charge is 0.460 e. The highest BCUT2D eigenvalue weighted by molar-refractivity contribution is 5.97. The third-order valence-electron chi connectivity index (χ3n) is 16.0. The van der Waals surface area contributed by atoms with Gasteiger partial charge < -0.3 is 35.9 Å². The van der Waals surface area contributed by atoms with Gasteiger partial charge >= 0.3 is 18.2 Å². The number of Topliss-reactive ketones (excluding diaryl/α,β-unsaturated/α-hetero) is 2. The minimum atomic E-state index is -1.06. The van der Waals surface area contributed by atoms with E-state index in [1.807, 2.05) is 43.3 Å². The van der Waals surface area contributed by atoms with E-state index in [-0.39, 0.29) is 62.3 Å². The molecule has 5 atom stereocenters. The molecule has 17 heteroatoms. The molecule has 436 valence electrons. The summed E-state index contributed by atoms with van der Waals surface area (Å²) in [5.74, 6) is -2.58. The van der Waals surface area contributed by atoms with E-state index in [9.17, 15) is 24.0 Å². The average molecular weight is 1110 g/mol. The normalized spacial score (nSPS) is 17.1. The number of amidine groups is 1. The van der Waals surface area contributed by atoms with Gasteiger partial charge in [-0.05, 0) is 119 Å². The first kappa shape index (κ1) is 61.5. The van der Waals surface area contributed by atoms with E-state index >= 15 is 9.59 Å². The second-order valence-electron chi connectivity index (χ2n) is 23.0. The Kier molecular flexibility index (Phi) is 22.4. The van der Waals surface area contributed by atoms with Gasteiger partial charge in [-0.3, -0.25) is 38.4 Å². The number of amides is 3. The number of nitrogens with one attached hydrogen (secondary N) is 3. The number of rotatable bonds is 28. The summed E-state index contributed by atoms with van der Waals surface area (Å²) < 4.78 is 18.5. The number of hydrogen-bond donors (Lipinski definition) is 4. The molecule has 1 unspecified atom stereocenters. The minimum Gasteiger partial charge on any atom is -0.460 e. The molecule has 0 radical (unpaired) electrons. The fourth-order valence-electron chi connectivity index (χ4n) is 11.7. The van der Waals surface area contributed by atoms with Gasteiger partial charge in [0.05, 0.1) is 23.4 Å². The van der Waals surface area contributed by atoms with Crippen LogP contribution in [0.2, 0.25) is 0 Å². The lowest BCUT2D eigenvalue weighted by Gasteiger charge is -2.30. The summed E-state index contributed by atoms with van der Waals surface area (Å²) in [4.78, 5) is 106. The third-order valence-corrected chi connectivity index (χ3v) is 16.0. The van der Waals surface area contributed by atoms with Crippen LogP contribution in [-0.4, -0.2) is 120 Å². The number of ether oxygens (including phenoxy) is 3. The molecule has 0 spiro atoms. The van der Waals surface area contributed by atoms with E-state index in [0.29, 0.717) is 86.8 Å². The molecule has 0 bridgehead atoms. The predicted molar refractivity (Wildman–Crippen MR) is 314 cm³/mol. The molecule has 7 rings (SSSR count). The number of fused-ring (bicyclic) bond motifs is 4. The van der Waals surface area contributed by atoms with Crippen molar-refractivity contribution in [2.75, 3.05) is 33.4 Å². The van der Waals surface area contributed by atoms with Crippen molar-refractivity contribution in [3.63, 3.8) is 0 Å². The van der Waals surface area contributed by atoms with Crippen LogP contribution in [0.3, 0.4) is 0 Å². The van der Waals surface area contributed by atoms with Crippen molar-refractivity contribution in [3.8, 4) is 11.1 Å².